The smallest absolute Gasteiger partial charge is 0.212 e. The highest BCUT2D eigenvalue weighted by atomic mass is 32.2. The van der Waals surface area contributed by atoms with Gasteiger partial charge in [0.15, 0.2) is 0 Å². The van der Waals surface area contributed by atoms with E-state index in [-0.39, 0.29) is 10.8 Å². The minimum atomic E-state index is -3.25. The zero-order valence-corrected chi connectivity index (χ0v) is 7.02. The summed E-state index contributed by atoms with van der Waals surface area (Å²) >= 11 is 0. The molecule has 0 bridgehead atoms. The lowest BCUT2D eigenvalue weighted by atomic mass is 9.69. The van der Waals surface area contributed by atoms with Crippen LogP contribution in [0.25, 0.3) is 0 Å². The molecule has 0 unspecified atom stereocenters. The Bertz CT molecular complexity index is 260. The summed E-state index contributed by atoms with van der Waals surface area (Å²) in [6, 6.07) is 0. The van der Waals surface area contributed by atoms with Crippen LogP contribution in [0.15, 0.2) is 0 Å². The summed E-state index contributed by atoms with van der Waals surface area (Å²) in [4.78, 5) is 0. The standard InChI is InChI=1S/C6H12N2O2S/c7-11(9,10)5-3-6(4-5)1-2-8-6/h5,8H,1-4H2,(H2,7,9,10). The Morgan fingerprint density at radius 2 is 2.00 bits per heavy atom. The second-order valence-corrected chi connectivity index (χ2v) is 5.42. The highest BCUT2D eigenvalue weighted by Crippen LogP contribution is 2.42. The molecule has 64 valence electrons. The molecule has 1 saturated heterocycles. The summed E-state index contributed by atoms with van der Waals surface area (Å²) in [5.74, 6) is 0. The van der Waals surface area contributed by atoms with Crippen molar-refractivity contribution in [2.45, 2.75) is 30.1 Å². The molecule has 2 rings (SSSR count). The van der Waals surface area contributed by atoms with Crippen molar-refractivity contribution in [2.75, 3.05) is 6.54 Å². The molecule has 1 aliphatic carbocycles. The van der Waals surface area contributed by atoms with Crippen LogP contribution in [0.2, 0.25) is 0 Å². The van der Waals surface area contributed by atoms with Gasteiger partial charge in [-0.25, -0.2) is 13.6 Å². The molecular weight excluding hydrogens is 164 g/mol. The lowest BCUT2D eigenvalue weighted by Crippen LogP contribution is -2.67. The molecule has 1 aliphatic heterocycles. The number of rotatable bonds is 1. The molecule has 4 nitrogen and oxygen atoms in total. The molecule has 0 amide bonds. The van der Waals surface area contributed by atoms with Gasteiger partial charge in [-0.05, 0) is 25.8 Å². The van der Waals surface area contributed by atoms with Crippen molar-refractivity contribution in [1.29, 1.82) is 0 Å². The van der Waals surface area contributed by atoms with Crippen molar-refractivity contribution in [3.63, 3.8) is 0 Å². The van der Waals surface area contributed by atoms with E-state index in [0.29, 0.717) is 12.8 Å². The van der Waals surface area contributed by atoms with Gasteiger partial charge in [0.05, 0.1) is 5.25 Å². The highest BCUT2D eigenvalue weighted by molar-refractivity contribution is 7.89. The second-order valence-electron chi connectivity index (χ2n) is 3.58. The van der Waals surface area contributed by atoms with Crippen LogP contribution in [0.4, 0.5) is 0 Å². The Hall–Kier alpha value is -0.130. The zero-order valence-electron chi connectivity index (χ0n) is 6.21. The van der Waals surface area contributed by atoms with E-state index in [4.69, 9.17) is 5.14 Å². The van der Waals surface area contributed by atoms with Crippen molar-refractivity contribution in [1.82, 2.24) is 5.32 Å². The summed E-state index contributed by atoms with van der Waals surface area (Å²) in [6.07, 6.45) is 2.54. The predicted molar refractivity (Wildman–Crippen MR) is 41.5 cm³/mol. The maximum Gasteiger partial charge on any atom is 0.212 e. The van der Waals surface area contributed by atoms with E-state index in [2.05, 4.69) is 5.32 Å². The maximum absolute atomic E-state index is 10.8. The van der Waals surface area contributed by atoms with Crippen LogP contribution in [0.3, 0.4) is 0 Å². The van der Waals surface area contributed by atoms with Gasteiger partial charge in [-0.3, -0.25) is 0 Å². The molecule has 0 aromatic rings. The third kappa shape index (κ3) is 1.07. The molecule has 0 aromatic heterocycles. The van der Waals surface area contributed by atoms with Crippen LogP contribution in [0.5, 0.6) is 0 Å². The molecule has 0 atom stereocenters. The first-order valence-corrected chi connectivity index (χ1v) is 5.39. The Morgan fingerprint density at radius 3 is 2.27 bits per heavy atom. The molecule has 0 aromatic carbocycles. The molecule has 1 spiro atoms. The molecule has 3 N–H and O–H groups in total. The Balaban J connectivity index is 1.98. The molecule has 2 aliphatic rings. The number of nitrogens with two attached hydrogens (primary N) is 1. The minimum Gasteiger partial charge on any atom is -0.311 e. The van der Waals surface area contributed by atoms with Crippen LogP contribution >= 0.6 is 0 Å². The average Bonchev–Trinajstić information content (AvgIpc) is 1.49. The third-order valence-corrected chi connectivity index (χ3v) is 4.07. The molecular formula is C6H12N2O2S. The molecule has 5 heteroatoms. The number of nitrogens with one attached hydrogen (secondary N) is 1. The van der Waals surface area contributed by atoms with Crippen LogP contribution < -0.4 is 10.5 Å². The van der Waals surface area contributed by atoms with Crippen molar-refractivity contribution in [3.05, 3.63) is 0 Å². The lowest BCUT2D eigenvalue weighted by Gasteiger charge is -2.53. The first-order valence-electron chi connectivity index (χ1n) is 3.79. The lowest BCUT2D eigenvalue weighted by molar-refractivity contribution is 0.105. The monoisotopic (exact) mass is 176 g/mol. The van der Waals surface area contributed by atoms with Crippen LogP contribution in [0, 0.1) is 0 Å². The summed E-state index contributed by atoms with van der Waals surface area (Å²) < 4.78 is 21.6. The van der Waals surface area contributed by atoms with Crippen LogP contribution in [-0.4, -0.2) is 25.8 Å². The summed E-state index contributed by atoms with van der Waals surface area (Å²) in [6.45, 7) is 1.03. The van der Waals surface area contributed by atoms with Gasteiger partial charge in [-0.1, -0.05) is 0 Å². The number of primary sulfonamides is 1. The molecule has 1 heterocycles. The van der Waals surface area contributed by atoms with Gasteiger partial charge in [0, 0.05) is 5.54 Å². The average molecular weight is 176 g/mol. The molecule has 0 radical (unpaired) electrons. The normalized spacial score (nSPS) is 43.2. The van der Waals surface area contributed by atoms with Gasteiger partial charge in [0.2, 0.25) is 10.0 Å². The van der Waals surface area contributed by atoms with E-state index in [1.54, 1.807) is 0 Å². The SMILES string of the molecule is NS(=O)(=O)C1CC2(CCN2)C1. The first-order chi connectivity index (χ1) is 5.02. The van der Waals surface area contributed by atoms with E-state index in [0.717, 1.165) is 13.0 Å². The van der Waals surface area contributed by atoms with Gasteiger partial charge in [0.1, 0.15) is 0 Å². The topological polar surface area (TPSA) is 72.2 Å². The van der Waals surface area contributed by atoms with Crippen LogP contribution in [-0.2, 0) is 10.0 Å². The maximum atomic E-state index is 10.8. The van der Waals surface area contributed by atoms with Gasteiger partial charge in [0.25, 0.3) is 0 Å². The Kier molecular flexibility index (Phi) is 1.34. The van der Waals surface area contributed by atoms with Crippen molar-refractivity contribution < 1.29 is 8.42 Å². The summed E-state index contributed by atoms with van der Waals surface area (Å²) in [7, 11) is -3.25. The third-order valence-electron chi connectivity index (χ3n) is 2.80. The largest absolute Gasteiger partial charge is 0.311 e. The minimum absolute atomic E-state index is 0.164. The van der Waals surface area contributed by atoms with E-state index < -0.39 is 10.0 Å². The number of sulfonamides is 1. The zero-order chi connectivity index (χ0) is 8.11. The first kappa shape index (κ1) is 7.52. The second kappa shape index (κ2) is 1.97. The van der Waals surface area contributed by atoms with E-state index in [9.17, 15) is 8.42 Å². The molecule has 11 heavy (non-hydrogen) atoms. The Labute approximate surface area is 66.2 Å². The fourth-order valence-electron chi connectivity index (χ4n) is 1.87. The molecule has 1 saturated carbocycles. The quantitative estimate of drug-likeness (QED) is 0.547. The van der Waals surface area contributed by atoms with Crippen molar-refractivity contribution in [2.24, 2.45) is 5.14 Å². The van der Waals surface area contributed by atoms with Gasteiger partial charge < -0.3 is 5.32 Å². The van der Waals surface area contributed by atoms with Gasteiger partial charge in [-0.2, -0.15) is 0 Å². The van der Waals surface area contributed by atoms with Crippen molar-refractivity contribution in [3.8, 4) is 0 Å². The van der Waals surface area contributed by atoms with Crippen LogP contribution in [0.1, 0.15) is 19.3 Å². The van der Waals surface area contributed by atoms with Gasteiger partial charge in [-0.15, -0.1) is 0 Å². The molecule has 2 fully saturated rings. The fourth-order valence-corrected chi connectivity index (χ4v) is 2.97. The summed E-state index contributed by atoms with van der Waals surface area (Å²) in [5.41, 5.74) is 0.164. The van der Waals surface area contributed by atoms with E-state index in [1.807, 2.05) is 0 Å². The predicted octanol–water partition coefficient (Wildman–Crippen LogP) is -0.831. The Morgan fingerprint density at radius 1 is 1.45 bits per heavy atom. The fraction of sp³-hybridized carbons (Fsp3) is 1.00. The highest BCUT2D eigenvalue weighted by Gasteiger charge is 2.51. The van der Waals surface area contributed by atoms with Gasteiger partial charge >= 0.3 is 0 Å². The van der Waals surface area contributed by atoms with E-state index in [1.165, 1.54) is 0 Å². The number of hydrogen-bond donors (Lipinski definition) is 2. The van der Waals surface area contributed by atoms with Crippen molar-refractivity contribution >= 4 is 10.0 Å². The summed E-state index contributed by atoms with van der Waals surface area (Å²) in [5, 5.41) is 7.94. The number of hydrogen-bond acceptors (Lipinski definition) is 3. The van der Waals surface area contributed by atoms with E-state index >= 15 is 0 Å².